The molecule has 0 bridgehead atoms. The number of benzene rings is 2. The third kappa shape index (κ3) is 4.36. The minimum absolute atomic E-state index is 0.000287. The number of carbonyl (C=O) groups excluding carboxylic acids is 1. The molecular weight excluding hydrogens is 437 g/mol. The number of aliphatic hydroxyl groups is 1. The first-order valence-electron chi connectivity index (χ1n) is 10.1. The Hall–Kier alpha value is -2.90. The molecule has 0 fully saturated rings. The van der Waals surface area contributed by atoms with Gasteiger partial charge in [-0.2, -0.15) is 0 Å². The highest BCUT2D eigenvalue weighted by molar-refractivity contribution is 6.30. The van der Waals surface area contributed by atoms with E-state index < -0.39 is 23.3 Å². The van der Waals surface area contributed by atoms with Crippen LogP contribution in [0.3, 0.4) is 0 Å². The predicted molar refractivity (Wildman–Crippen MR) is 121 cm³/mol. The van der Waals surface area contributed by atoms with E-state index in [-0.39, 0.29) is 34.9 Å². The van der Waals surface area contributed by atoms with Crippen molar-refractivity contribution in [2.75, 3.05) is 20.8 Å². The molecule has 1 heterocycles. The zero-order valence-electron chi connectivity index (χ0n) is 18.3. The summed E-state index contributed by atoms with van der Waals surface area (Å²) in [7, 11) is 2.68. The highest BCUT2D eigenvalue weighted by Crippen LogP contribution is 2.31. The third-order valence-electron chi connectivity index (χ3n) is 5.57. The fraction of sp³-hybridized carbons (Fsp3) is 0.333. The number of hydrogen-bond acceptors (Lipinski definition) is 5. The quantitative estimate of drug-likeness (QED) is 0.529. The second-order valence-corrected chi connectivity index (χ2v) is 8.24. The predicted octanol–water partition coefficient (Wildman–Crippen LogP) is 4.37. The van der Waals surface area contributed by atoms with Crippen LogP contribution in [0.1, 0.15) is 41.4 Å². The van der Waals surface area contributed by atoms with Crippen molar-refractivity contribution < 1.29 is 23.8 Å². The summed E-state index contributed by atoms with van der Waals surface area (Å²) in [6.45, 7) is 3.65. The first kappa shape index (κ1) is 23.8. The van der Waals surface area contributed by atoms with E-state index in [9.17, 15) is 19.1 Å². The van der Waals surface area contributed by atoms with Crippen molar-refractivity contribution in [3.8, 4) is 5.75 Å². The lowest BCUT2D eigenvalue weighted by molar-refractivity contribution is 0.0597. The van der Waals surface area contributed by atoms with Crippen LogP contribution >= 0.6 is 11.6 Å². The highest BCUT2D eigenvalue weighted by atomic mass is 35.5. The summed E-state index contributed by atoms with van der Waals surface area (Å²) >= 11 is 5.91. The second kappa shape index (κ2) is 9.71. The molecular formula is C24H25ClFNO5. The topological polar surface area (TPSA) is 77.8 Å². The number of aromatic nitrogens is 1. The van der Waals surface area contributed by atoms with Crippen molar-refractivity contribution in [3.05, 3.63) is 74.3 Å². The smallest absolute Gasteiger partial charge is 0.343 e. The van der Waals surface area contributed by atoms with Crippen molar-refractivity contribution in [3.63, 3.8) is 0 Å². The van der Waals surface area contributed by atoms with Gasteiger partial charge in [0.2, 0.25) is 5.43 Å². The lowest BCUT2D eigenvalue weighted by Gasteiger charge is -2.25. The molecule has 1 unspecified atom stereocenters. The van der Waals surface area contributed by atoms with Gasteiger partial charge in [0.15, 0.2) is 0 Å². The molecule has 0 saturated heterocycles. The molecule has 32 heavy (non-hydrogen) atoms. The van der Waals surface area contributed by atoms with Crippen LogP contribution in [0.15, 0.2) is 41.3 Å². The van der Waals surface area contributed by atoms with E-state index in [1.807, 2.05) is 13.8 Å². The van der Waals surface area contributed by atoms with Gasteiger partial charge >= 0.3 is 5.97 Å². The van der Waals surface area contributed by atoms with Gasteiger partial charge in [-0.3, -0.25) is 4.79 Å². The van der Waals surface area contributed by atoms with Crippen LogP contribution < -0.4 is 10.2 Å². The second-order valence-electron chi connectivity index (χ2n) is 7.84. The lowest BCUT2D eigenvalue weighted by Crippen LogP contribution is -2.26. The fourth-order valence-corrected chi connectivity index (χ4v) is 3.98. The van der Waals surface area contributed by atoms with Crippen LogP contribution in [-0.2, 0) is 11.2 Å². The molecule has 8 heteroatoms. The van der Waals surface area contributed by atoms with Crippen LogP contribution in [-0.4, -0.2) is 36.5 Å². The summed E-state index contributed by atoms with van der Waals surface area (Å²) in [6, 6.07) is 7.57. The number of esters is 1. The monoisotopic (exact) mass is 461 g/mol. The molecule has 0 radical (unpaired) electrons. The summed E-state index contributed by atoms with van der Waals surface area (Å²) in [4.78, 5) is 25.5. The molecule has 6 nitrogen and oxygen atoms in total. The molecule has 170 valence electrons. The minimum Gasteiger partial charge on any atom is -0.496 e. The standard InChI is InChI=1S/C24H25ClFNO5/c1-13(2)20(12-28)27-11-17(24(30)32-4)23(29)16-9-15(21(31-3)10-19(16)27)8-14-6-5-7-18(25)22(14)26/h5-7,9-11,13,20,28H,8,12H2,1-4H3. The number of nitrogens with zero attached hydrogens (tertiary/aromatic N) is 1. The number of aliphatic hydroxyl groups excluding tert-OH is 1. The largest absolute Gasteiger partial charge is 0.496 e. The van der Waals surface area contributed by atoms with E-state index in [1.54, 1.807) is 28.8 Å². The van der Waals surface area contributed by atoms with Crippen molar-refractivity contribution in [2.24, 2.45) is 5.92 Å². The SMILES string of the molecule is COC(=O)c1cn(C(CO)C(C)C)c2cc(OC)c(Cc3cccc(Cl)c3F)cc2c1=O. The van der Waals surface area contributed by atoms with E-state index in [0.717, 1.165) is 0 Å². The van der Waals surface area contributed by atoms with Crippen molar-refractivity contribution in [2.45, 2.75) is 26.3 Å². The Balaban J connectivity index is 2.33. The Kier molecular flexibility index (Phi) is 7.21. The van der Waals surface area contributed by atoms with Gasteiger partial charge in [0.1, 0.15) is 17.1 Å². The van der Waals surface area contributed by atoms with Crippen molar-refractivity contribution >= 4 is 28.5 Å². The normalized spacial score (nSPS) is 12.2. The Morgan fingerprint density at radius 2 is 1.94 bits per heavy atom. The van der Waals surface area contributed by atoms with Gasteiger partial charge < -0.3 is 19.1 Å². The third-order valence-corrected chi connectivity index (χ3v) is 5.86. The number of fused-ring (bicyclic) bond motifs is 1. The molecule has 2 aromatic carbocycles. The highest BCUT2D eigenvalue weighted by Gasteiger charge is 2.23. The Morgan fingerprint density at radius 3 is 2.53 bits per heavy atom. The zero-order chi connectivity index (χ0) is 23.6. The van der Waals surface area contributed by atoms with Gasteiger partial charge in [0.25, 0.3) is 0 Å². The minimum atomic E-state index is -0.774. The maximum atomic E-state index is 14.5. The molecule has 3 aromatic rings. The summed E-state index contributed by atoms with van der Waals surface area (Å²) in [5, 5.41) is 10.2. The number of ether oxygens (including phenoxy) is 2. The van der Waals surface area contributed by atoms with E-state index in [1.165, 1.54) is 26.5 Å². The lowest BCUT2D eigenvalue weighted by atomic mass is 9.98. The average Bonchev–Trinajstić information content (AvgIpc) is 2.77. The molecule has 1 atom stereocenters. The Bertz CT molecular complexity index is 1220. The summed E-state index contributed by atoms with van der Waals surface area (Å²) in [5.74, 6) is -0.875. The van der Waals surface area contributed by atoms with Gasteiger partial charge in [-0.1, -0.05) is 37.6 Å². The zero-order valence-corrected chi connectivity index (χ0v) is 19.1. The molecule has 0 amide bonds. The number of pyridine rings is 1. The van der Waals surface area contributed by atoms with Gasteiger partial charge in [0.05, 0.1) is 37.4 Å². The number of rotatable bonds is 7. The Labute approximate surface area is 190 Å². The maximum Gasteiger partial charge on any atom is 0.343 e. The summed E-state index contributed by atoms with van der Waals surface area (Å²) in [5.41, 5.74) is 0.720. The van der Waals surface area contributed by atoms with E-state index >= 15 is 0 Å². The van der Waals surface area contributed by atoms with Gasteiger partial charge in [-0.05, 0) is 29.2 Å². The van der Waals surface area contributed by atoms with Gasteiger partial charge in [-0.25, -0.2) is 9.18 Å². The average molecular weight is 462 g/mol. The first-order chi connectivity index (χ1) is 15.2. The number of hydrogen-bond donors (Lipinski definition) is 1. The van der Waals surface area contributed by atoms with Gasteiger partial charge in [-0.15, -0.1) is 0 Å². The first-order valence-corrected chi connectivity index (χ1v) is 10.5. The van der Waals surface area contributed by atoms with Crippen molar-refractivity contribution in [1.82, 2.24) is 4.57 Å². The number of halogens is 2. The summed E-state index contributed by atoms with van der Waals surface area (Å²) in [6.07, 6.45) is 1.54. The number of methoxy groups -OCH3 is 2. The molecule has 0 aliphatic carbocycles. The van der Waals surface area contributed by atoms with Crippen LogP contribution in [0.5, 0.6) is 5.75 Å². The number of carbonyl (C=O) groups is 1. The fourth-order valence-electron chi connectivity index (χ4n) is 3.79. The van der Waals surface area contributed by atoms with Crippen molar-refractivity contribution in [1.29, 1.82) is 0 Å². The van der Waals surface area contributed by atoms with Gasteiger partial charge in [0, 0.05) is 24.1 Å². The van der Waals surface area contributed by atoms with Crippen LogP contribution in [0.4, 0.5) is 4.39 Å². The van der Waals surface area contributed by atoms with E-state index in [2.05, 4.69) is 0 Å². The van der Waals surface area contributed by atoms with Crippen LogP contribution in [0, 0.1) is 11.7 Å². The summed E-state index contributed by atoms with van der Waals surface area (Å²) < 4.78 is 26.5. The maximum absolute atomic E-state index is 14.5. The van der Waals surface area contributed by atoms with E-state index in [0.29, 0.717) is 22.4 Å². The van der Waals surface area contributed by atoms with E-state index in [4.69, 9.17) is 21.1 Å². The molecule has 0 spiro atoms. The molecule has 1 aromatic heterocycles. The molecule has 0 aliphatic heterocycles. The van der Waals surface area contributed by atoms with Crippen LogP contribution in [0.2, 0.25) is 5.02 Å². The molecule has 3 rings (SSSR count). The molecule has 0 aliphatic rings. The van der Waals surface area contributed by atoms with Crippen LogP contribution in [0.25, 0.3) is 10.9 Å². The molecule has 1 N–H and O–H groups in total. The Morgan fingerprint density at radius 1 is 1.22 bits per heavy atom. The molecule has 0 saturated carbocycles.